The fourth-order valence-electron chi connectivity index (χ4n) is 1.73. The summed E-state index contributed by atoms with van der Waals surface area (Å²) in [5.41, 5.74) is 2.57. The molecule has 0 radical (unpaired) electrons. The largest absolute Gasteiger partial charge is 0.279 e. The first kappa shape index (κ1) is 11.0. The predicted octanol–water partition coefficient (Wildman–Crippen LogP) is 3.87. The number of thiophene rings is 1. The number of hydrogen-bond donors (Lipinski definition) is 0. The van der Waals surface area contributed by atoms with E-state index in [4.69, 9.17) is 23.2 Å². The molecule has 0 saturated carbocycles. The normalized spacial score (nSPS) is 11.2. The first-order valence-corrected chi connectivity index (χ1v) is 6.76. The fourth-order valence-corrected chi connectivity index (χ4v) is 2.68. The topological polar surface area (TPSA) is 30.7 Å². The van der Waals surface area contributed by atoms with Gasteiger partial charge in [0.15, 0.2) is 5.65 Å². The molecule has 3 rings (SSSR count). The van der Waals surface area contributed by atoms with Gasteiger partial charge in [-0.25, -0.2) is 9.97 Å². The van der Waals surface area contributed by atoms with Crippen LogP contribution in [0.2, 0.25) is 5.02 Å². The lowest BCUT2D eigenvalue weighted by atomic mass is 10.4. The molecule has 3 aromatic rings. The van der Waals surface area contributed by atoms with E-state index in [0.717, 1.165) is 22.7 Å². The van der Waals surface area contributed by atoms with E-state index in [0.29, 0.717) is 10.9 Å². The summed E-state index contributed by atoms with van der Waals surface area (Å²) in [4.78, 5) is 8.76. The Balaban J connectivity index is 2.35. The highest BCUT2D eigenvalue weighted by Crippen LogP contribution is 2.24. The quantitative estimate of drug-likeness (QED) is 0.669. The van der Waals surface area contributed by atoms with Crippen molar-refractivity contribution in [1.29, 1.82) is 0 Å². The summed E-state index contributed by atoms with van der Waals surface area (Å²) in [6.45, 7) is 0. The lowest BCUT2D eigenvalue weighted by Gasteiger charge is -2.03. The van der Waals surface area contributed by atoms with Crippen molar-refractivity contribution in [1.82, 2.24) is 14.5 Å². The third-order valence-corrected chi connectivity index (χ3v) is 3.53. The van der Waals surface area contributed by atoms with Crippen LogP contribution in [0.15, 0.2) is 29.1 Å². The van der Waals surface area contributed by atoms with Crippen molar-refractivity contribution in [2.75, 3.05) is 0 Å². The van der Waals surface area contributed by atoms with Gasteiger partial charge in [0, 0.05) is 11.6 Å². The number of imidazole rings is 1. The average molecular weight is 284 g/mol. The molecule has 0 aliphatic rings. The van der Waals surface area contributed by atoms with Gasteiger partial charge in [0.1, 0.15) is 11.3 Å². The molecule has 0 spiro atoms. The van der Waals surface area contributed by atoms with Gasteiger partial charge in [-0.15, -0.1) is 11.6 Å². The summed E-state index contributed by atoms with van der Waals surface area (Å²) in [7, 11) is 0. The highest BCUT2D eigenvalue weighted by molar-refractivity contribution is 7.08. The standard InChI is InChI=1S/C11H7Cl2N3S/c12-4-10-15-9-3-7(13)5-14-11(9)16(10)8-1-2-17-6-8/h1-3,5-6H,4H2. The molecule has 0 atom stereocenters. The third-order valence-electron chi connectivity index (χ3n) is 2.42. The molecule has 86 valence electrons. The Hall–Kier alpha value is -1.10. The smallest absolute Gasteiger partial charge is 0.164 e. The van der Waals surface area contributed by atoms with Crippen molar-refractivity contribution in [3.8, 4) is 5.69 Å². The summed E-state index contributed by atoms with van der Waals surface area (Å²) >= 11 is 13.4. The Morgan fingerprint density at radius 3 is 3.00 bits per heavy atom. The van der Waals surface area contributed by atoms with Crippen LogP contribution in [0.25, 0.3) is 16.9 Å². The second-order valence-electron chi connectivity index (χ2n) is 3.47. The molecule has 0 N–H and O–H groups in total. The van der Waals surface area contributed by atoms with E-state index in [9.17, 15) is 0 Å². The van der Waals surface area contributed by atoms with Gasteiger partial charge in [-0.2, -0.15) is 11.3 Å². The van der Waals surface area contributed by atoms with E-state index in [1.54, 1.807) is 23.6 Å². The zero-order valence-corrected chi connectivity index (χ0v) is 10.9. The number of fused-ring (bicyclic) bond motifs is 1. The third kappa shape index (κ3) is 1.82. The molecule has 0 amide bonds. The number of alkyl halides is 1. The Kier molecular flexibility index (Phi) is 2.78. The van der Waals surface area contributed by atoms with Crippen LogP contribution >= 0.6 is 34.5 Å². The van der Waals surface area contributed by atoms with Gasteiger partial charge in [0.05, 0.1) is 16.6 Å². The Morgan fingerprint density at radius 1 is 1.41 bits per heavy atom. The second-order valence-corrected chi connectivity index (χ2v) is 4.96. The van der Waals surface area contributed by atoms with Gasteiger partial charge < -0.3 is 0 Å². The average Bonchev–Trinajstić information content (AvgIpc) is 2.93. The van der Waals surface area contributed by atoms with Gasteiger partial charge in [0.2, 0.25) is 0 Å². The van der Waals surface area contributed by atoms with Crippen LogP contribution in [0.4, 0.5) is 0 Å². The van der Waals surface area contributed by atoms with Gasteiger partial charge in [-0.05, 0) is 17.5 Å². The van der Waals surface area contributed by atoms with Gasteiger partial charge >= 0.3 is 0 Å². The predicted molar refractivity (Wildman–Crippen MR) is 71.3 cm³/mol. The first-order chi connectivity index (χ1) is 8.29. The molecule has 0 aliphatic heterocycles. The Labute approximate surface area is 112 Å². The number of hydrogen-bond acceptors (Lipinski definition) is 3. The fraction of sp³-hybridized carbons (Fsp3) is 0.0909. The Bertz CT molecular complexity index is 661. The summed E-state index contributed by atoms with van der Waals surface area (Å²) in [6, 6.07) is 3.81. The molecule has 0 aromatic carbocycles. The Morgan fingerprint density at radius 2 is 2.29 bits per heavy atom. The summed E-state index contributed by atoms with van der Waals surface area (Å²) in [6.07, 6.45) is 1.62. The van der Waals surface area contributed by atoms with Gasteiger partial charge in [0.25, 0.3) is 0 Å². The minimum atomic E-state index is 0.337. The number of nitrogens with zero attached hydrogens (tertiary/aromatic N) is 3. The summed E-state index contributed by atoms with van der Waals surface area (Å²) in [5.74, 6) is 1.11. The zero-order valence-electron chi connectivity index (χ0n) is 8.60. The van der Waals surface area contributed by atoms with E-state index in [1.165, 1.54) is 0 Å². The summed E-state index contributed by atoms with van der Waals surface area (Å²) in [5, 5.41) is 4.62. The number of aromatic nitrogens is 3. The molecular weight excluding hydrogens is 277 g/mol. The van der Waals surface area contributed by atoms with Crippen LogP contribution < -0.4 is 0 Å². The van der Waals surface area contributed by atoms with Crippen LogP contribution in [-0.4, -0.2) is 14.5 Å². The molecule has 0 unspecified atom stereocenters. The van der Waals surface area contributed by atoms with Crippen LogP contribution in [0.5, 0.6) is 0 Å². The maximum Gasteiger partial charge on any atom is 0.164 e. The molecular formula is C11H7Cl2N3S. The summed E-state index contributed by atoms with van der Waals surface area (Å²) < 4.78 is 1.95. The molecule has 3 aromatic heterocycles. The van der Waals surface area contributed by atoms with Gasteiger partial charge in [-0.3, -0.25) is 4.57 Å². The second kappa shape index (κ2) is 4.29. The molecule has 17 heavy (non-hydrogen) atoms. The number of halogens is 2. The van der Waals surface area contributed by atoms with Crippen molar-refractivity contribution in [3.05, 3.63) is 39.9 Å². The number of rotatable bonds is 2. The van der Waals surface area contributed by atoms with Crippen LogP contribution in [-0.2, 0) is 5.88 Å². The highest BCUT2D eigenvalue weighted by atomic mass is 35.5. The molecule has 6 heteroatoms. The van der Waals surface area contributed by atoms with Crippen LogP contribution in [0.3, 0.4) is 0 Å². The van der Waals surface area contributed by atoms with Gasteiger partial charge in [-0.1, -0.05) is 11.6 Å². The zero-order chi connectivity index (χ0) is 11.8. The van der Waals surface area contributed by atoms with Crippen LogP contribution in [0, 0.1) is 0 Å². The molecule has 3 heterocycles. The van der Waals surface area contributed by atoms with Crippen molar-refractivity contribution < 1.29 is 0 Å². The monoisotopic (exact) mass is 283 g/mol. The lowest BCUT2D eigenvalue weighted by Crippen LogP contribution is -1.98. The van der Waals surface area contributed by atoms with E-state index < -0.39 is 0 Å². The van der Waals surface area contributed by atoms with E-state index >= 15 is 0 Å². The minimum Gasteiger partial charge on any atom is -0.279 e. The van der Waals surface area contributed by atoms with Crippen molar-refractivity contribution >= 4 is 45.7 Å². The minimum absolute atomic E-state index is 0.337. The van der Waals surface area contributed by atoms with E-state index in [-0.39, 0.29) is 0 Å². The van der Waals surface area contributed by atoms with E-state index in [2.05, 4.69) is 9.97 Å². The highest BCUT2D eigenvalue weighted by Gasteiger charge is 2.13. The molecule has 0 fully saturated rings. The maximum atomic E-state index is 5.92. The van der Waals surface area contributed by atoms with Crippen LogP contribution in [0.1, 0.15) is 5.82 Å². The van der Waals surface area contributed by atoms with Crippen molar-refractivity contribution in [2.24, 2.45) is 0 Å². The first-order valence-electron chi connectivity index (χ1n) is 4.91. The van der Waals surface area contributed by atoms with Crippen molar-refractivity contribution in [2.45, 2.75) is 5.88 Å². The molecule has 0 saturated heterocycles. The lowest BCUT2D eigenvalue weighted by molar-refractivity contribution is 0.974. The molecule has 3 nitrogen and oxygen atoms in total. The SMILES string of the molecule is ClCc1nc2cc(Cl)cnc2n1-c1ccsc1. The number of pyridine rings is 1. The maximum absolute atomic E-state index is 5.92. The molecule has 0 aliphatic carbocycles. The van der Waals surface area contributed by atoms with Crippen molar-refractivity contribution in [3.63, 3.8) is 0 Å². The molecule has 0 bridgehead atoms. The van der Waals surface area contributed by atoms with E-state index in [1.807, 2.05) is 21.4 Å².